The molecule has 0 unspecified atom stereocenters. The fourth-order valence-electron chi connectivity index (χ4n) is 5.90. The average Bonchev–Trinajstić information content (AvgIpc) is 3.66. The molecule has 2 aliphatic heterocycles. The lowest BCUT2D eigenvalue weighted by molar-refractivity contribution is -0.132. The predicted octanol–water partition coefficient (Wildman–Crippen LogP) is 7.66. The van der Waals surface area contributed by atoms with Gasteiger partial charge in [-0.25, -0.2) is 4.98 Å². The number of ether oxygens (including phenoxy) is 2. The number of hydrogen-bond acceptors (Lipinski definition) is 7. The van der Waals surface area contributed by atoms with Gasteiger partial charge in [0, 0.05) is 12.0 Å². The van der Waals surface area contributed by atoms with Crippen LogP contribution in [0.15, 0.2) is 90.5 Å². The fraction of sp³-hybridized carbons (Fsp3) is 0.171. The molecule has 2 atom stereocenters. The molecule has 0 spiro atoms. The van der Waals surface area contributed by atoms with Gasteiger partial charge in [-0.05, 0) is 91.6 Å². The maximum atomic E-state index is 13.8. The van der Waals surface area contributed by atoms with Crippen molar-refractivity contribution in [3.05, 3.63) is 118 Å². The van der Waals surface area contributed by atoms with Gasteiger partial charge in [-0.2, -0.15) is 0 Å². The van der Waals surface area contributed by atoms with E-state index in [0.29, 0.717) is 34.2 Å². The number of hydrogen-bond donors (Lipinski definition) is 1. The van der Waals surface area contributed by atoms with Crippen LogP contribution in [0.5, 0.6) is 17.2 Å². The van der Waals surface area contributed by atoms with Crippen LogP contribution in [0, 0.1) is 13.8 Å². The van der Waals surface area contributed by atoms with E-state index in [2.05, 4.69) is 0 Å². The molecule has 0 aliphatic carbocycles. The molecule has 1 saturated heterocycles. The topological polar surface area (TPSA) is 89.0 Å². The lowest BCUT2D eigenvalue weighted by Gasteiger charge is -2.23. The Bertz CT molecular complexity index is 1960. The van der Waals surface area contributed by atoms with Gasteiger partial charge in [0.25, 0.3) is 5.78 Å². The zero-order chi connectivity index (χ0) is 29.8. The third-order valence-corrected chi connectivity index (χ3v) is 8.79. The summed E-state index contributed by atoms with van der Waals surface area (Å²) >= 11 is 1.35. The number of carbonyl (C=O) groups excluding carboxylic acids is 2. The highest BCUT2D eigenvalue weighted by Gasteiger charge is 2.48. The lowest BCUT2D eigenvalue weighted by Crippen LogP contribution is -2.29. The standard InChI is InChI=1S/C35H28N2O5S/c1-19-14-20(2)30-28(15-19)43-35(36-30)37-31(22-8-7-11-26(18-22)42-25-9-5-4-6-10-25)29(33(39)34(37)40)32(38)23-12-13-27-24(17-23)16-21(3)41-27/h4-15,17-18,21,31,38H,16H2,1-3H3/t21-,31+/m1/s1. The number of aliphatic hydroxyl groups excluding tert-OH is 1. The Morgan fingerprint density at radius 1 is 0.977 bits per heavy atom. The second-order valence-electron chi connectivity index (χ2n) is 11.0. The van der Waals surface area contributed by atoms with Crippen molar-refractivity contribution in [1.82, 2.24) is 4.98 Å². The van der Waals surface area contributed by atoms with E-state index in [1.165, 1.54) is 16.2 Å². The average molecular weight is 589 g/mol. The van der Waals surface area contributed by atoms with Crippen LogP contribution in [-0.2, 0) is 16.0 Å². The van der Waals surface area contributed by atoms with Crippen LogP contribution >= 0.6 is 11.3 Å². The minimum atomic E-state index is -0.926. The van der Waals surface area contributed by atoms with Crippen LogP contribution in [0.4, 0.5) is 5.13 Å². The molecule has 43 heavy (non-hydrogen) atoms. The Kier molecular flexibility index (Phi) is 6.51. The van der Waals surface area contributed by atoms with Crippen LogP contribution < -0.4 is 14.4 Å². The van der Waals surface area contributed by atoms with Crippen LogP contribution in [-0.4, -0.2) is 27.9 Å². The summed E-state index contributed by atoms with van der Waals surface area (Å²) in [4.78, 5) is 33.9. The van der Waals surface area contributed by atoms with E-state index >= 15 is 0 Å². The number of aromatic nitrogens is 1. The molecule has 2 aliphatic rings. The number of anilines is 1. The monoisotopic (exact) mass is 588 g/mol. The number of carbonyl (C=O) groups is 2. The van der Waals surface area contributed by atoms with Crippen molar-refractivity contribution in [1.29, 1.82) is 0 Å². The summed E-state index contributed by atoms with van der Waals surface area (Å²) in [6, 6.07) is 25.1. The van der Waals surface area contributed by atoms with Crippen molar-refractivity contribution in [2.24, 2.45) is 0 Å². The largest absolute Gasteiger partial charge is 0.507 e. The number of rotatable bonds is 5. The van der Waals surface area contributed by atoms with Crippen molar-refractivity contribution in [2.75, 3.05) is 4.90 Å². The molecule has 0 radical (unpaired) electrons. The number of nitrogens with zero attached hydrogens (tertiary/aromatic N) is 2. The lowest BCUT2D eigenvalue weighted by atomic mass is 9.94. The molecule has 3 heterocycles. The normalized spacial score (nSPS) is 19.1. The number of benzene rings is 4. The van der Waals surface area contributed by atoms with Crippen molar-refractivity contribution < 1.29 is 24.2 Å². The fourth-order valence-corrected chi connectivity index (χ4v) is 7.07. The molecule has 1 fully saturated rings. The molecule has 8 heteroatoms. The number of aryl methyl sites for hydroxylation is 2. The van der Waals surface area contributed by atoms with Crippen LogP contribution in [0.3, 0.4) is 0 Å². The Hall–Kier alpha value is -4.95. The number of thiazole rings is 1. The molecule has 4 aromatic carbocycles. The molecule has 0 saturated carbocycles. The minimum Gasteiger partial charge on any atom is -0.507 e. The second-order valence-corrected chi connectivity index (χ2v) is 12.0. The van der Waals surface area contributed by atoms with Gasteiger partial charge in [0.1, 0.15) is 29.1 Å². The summed E-state index contributed by atoms with van der Waals surface area (Å²) in [6.07, 6.45) is 0.717. The SMILES string of the molecule is Cc1cc(C)c2nc(N3C(=O)C(=O)C(=C(O)c4ccc5c(c4)C[C@@H](C)O5)[C@@H]3c3cccc(Oc4ccccc4)c3)sc2c1. The number of ketones is 1. The molecule has 1 N–H and O–H groups in total. The first-order chi connectivity index (χ1) is 20.8. The molecule has 214 valence electrons. The Labute approximate surface area is 252 Å². The van der Waals surface area contributed by atoms with Gasteiger partial charge in [-0.3, -0.25) is 14.5 Å². The van der Waals surface area contributed by atoms with E-state index in [0.717, 1.165) is 32.7 Å². The Morgan fingerprint density at radius 2 is 1.77 bits per heavy atom. The van der Waals surface area contributed by atoms with Crippen LogP contribution in [0.1, 0.15) is 40.8 Å². The predicted molar refractivity (Wildman–Crippen MR) is 167 cm³/mol. The summed E-state index contributed by atoms with van der Waals surface area (Å²) < 4.78 is 12.8. The van der Waals surface area contributed by atoms with Gasteiger partial charge in [0.05, 0.1) is 21.8 Å². The Balaban J connectivity index is 1.39. The van der Waals surface area contributed by atoms with Gasteiger partial charge in [0.15, 0.2) is 5.13 Å². The molecular formula is C35H28N2O5S. The Morgan fingerprint density at radius 3 is 2.58 bits per heavy atom. The van der Waals surface area contributed by atoms with Gasteiger partial charge >= 0.3 is 5.91 Å². The van der Waals surface area contributed by atoms with Gasteiger partial charge in [-0.1, -0.05) is 47.7 Å². The van der Waals surface area contributed by atoms with Crippen molar-refractivity contribution in [3.8, 4) is 17.2 Å². The number of Topliss-reactive ketones (excluding diaryl/α,β-unsaturated/α-hetero) is 1. The summed E-state index contributed by atoms with van der Waals surface area (Å²) in [6.45, 7) is 5.97. The third-order valence-electron chi connectivity index (χ3n) is 7.79. The highest BCUT2D eigenvalue weighted by Crippen LogP contribution is 2.46. The highest BCUT2D eigenvalue weighted by atomic mass is 32.1. The number of amides is 1. The quantitative estimate of drug-likeness (QED) is 0.129. The first-order valence-electron chi connectivity index (χ1n) is 14.1. The molecular weight excluding hydrogens is 560 g/mol. The van der Waals surface area contributed by atoms with E-state index in [9.17, 15) is 14.7 Å². The van der Waals surface area contributed by atoms with E-state index in [-0.39, 0.29) is 17.4 Å². The molecule has 1 aromatic heterocycles. The van der Waals surface area contributed by atoms with Crippen LogP contribution in [0.25, 0.3) is 16.0 Å². The van der Waals surface area contributed by atoms with Crippen molar-refractivity contribution in [2.45, 2.75) is 39.3 Å². The van der Waals surface area contributed by atoms with Crippen LogP contribution in [0.2, 0.25) is 0 Å². The van der Waals surface area contributed by atoms with E-state index in [1.54, 1.807) is 18.2 Å². The molecule has 0 bridgehead atoms. The zero-order valence-electron chi connectivity index (χ0n) is 23.8. The highest BCUT2D eigenvalue weighted by molar-refractivity contribution is 7.22. The maximum absolute atomic E-state index is 13.8. The maximum Gasteiger partial charge on any atom is 0.301 e. The summed E-state index contributed by atoms with van der Waals surface area (Å²) in [7, 11) is 0. The summed E-state index contributed by atoms with van der Waals surface area (Å²) in [5.74, 6) is 0.193. The number of aliphatic hydroxyl groups is 1. The number of fused-ring (bicyclic) bond motifs is 2. The van der Waals surface area contributed by atoms with E-state index < -0.39 is 17.7 Å². The first kappa shape index (κ1) is 26.9. The van der Waals surface area contributed by atoms with E-state index in [1.807, 2.05) is 87.5 Å². The second kappa shape index (κ2) is 10.4. The molecule has 7 nitrogen and oxygen atoms in total. The first-order valence-corrected chi connectivity index (χ1v) is 14.9. The zero-order valence-corrected chi connectivity index (χ0v) is 24.6. The van der Waals surface area contributed by atoms with Crippen molar-refractivity contribution >= 4 is 44.1 Å². The van der Waals surface area contributed by atoms with Crippen molar-refractivity contribution in [3.63, 3.8) is 0 Å². The van der Waals surface area contributed by atoms with Gasteiger partial charge < -0.3 is 14.6 Å². The number of para-hydroxylation sites is 1. The minimum absolute atomic E-state index is 0.000864. The third kappa shape index (κ3) is 4.73. The molecule has 7 rings (SSSR count). The van der Waals surface area contributed by atoms with Gasteiger partial charge in [0.2, 0.25) is 0 Å². The van der Waals surface area contributed by atoms with E-state index in [4.69, 9.17) is 14.5 Å². The molecule has 5 aromatic rings. The van der Waals surface area contributed by atoms with Gasteiger partial charge in [-0.15, -0.1) is 0 Å². The molecule has 1 amide bonds. The summed E-state index contributed by atoms with van der Waals surface area (Å²) in [5, 5.41) is 12.1. The summed E-state index contributed by atoms with van der Waals surface area (Å²) in [5.41, 5.74) is 4.85. The smallest absolute Gasteiger partial charge is 0.301 e.